The summed E-state index contributed by atoms with van der Waals surface area (Å²) in [6.07, 6.45) is 5.73. The van der Waals surface area contributed by atoms with Gasteiger partial charge in [-0.3, -0.25) is 0 Å². The van der Waals surface area contributed by atoms with Gasteiger partial charge in [-0.1, -0.05) is 32.3 Å². The Labute approximate surface area is 104 Å². The van der Waals surface area contributed by atoms with Crippen LogP contribution in [0, 0.1) is 17.8 Å². The molecule has 2 rings (SSSR count). The lowest BCUT2D eigenvalue weighted by Gasteiger charge is -2.37. The van der Waals surface area contributed by atoms with Crippen LogP contribution in [0.5, 0.6) is 0 Å². The summed E-state index contributed by atoms with van der Waals surface area (Å²) in [4.78, 5) is 0. The fourth-order valence-electron chi connectivity index (χ4n) is 3.00. The van der Waals surface area contributed by atoms with Gasteiger partial charge in [-0.15, -0.1) is 0 Å². The third-order valence-corrected chi connectivity index (χ3v) is 4.05. The van der Waals surface area contributed by atoms with E-state index in [4.69, 9.17) is 4.52 Å². The van der Waals surface area contributed by atoms with E-state index in [2.05, 4.69) is 31.2 Å². The molecule has 1 heterocycles. The quantitative estimate of drug-likeness (QED) is 0.872. The number of rotatable bonds is 4. The summed E-state index contributed by atoms with van der Waals surface area (Å²) in [6.45, 7) is 7.84. The number of hydrogen-bond acceptors (Lipinski definition) is 3. The molecular formula is C14H24N2O. The molecule has 0 aliphatic heterocycles. The zero-order chi connectivity index (χ0) is 12.3. The first kappa shape index (κ1) is 12.6. The molecule has 0 saturated heterocycles. The lowest BCUT2D eigenvalue weighted by Crippen LogP contribution is -2.42. The lowest BCUT2D eigenvalue weighted by atomic mass is 9.74. The van der Waals surface area contributed by atoms with Crippen molar-refractivity contribution in [2.24, 2.45) is 17.8 Å². The highest BCUT2D eigenvalue weighted by molar-refractivity contribution is 4.94. The van der Waals surface area contributed by atoms with Crippen molar-refractivity contribution in [1.82, 2.24) is 10.5 Å². The van der Waals surface area contributed by atoms with Crippen molar-refractivity contribution in [3.05, 3.63) is 18.0 Å². The third kappa shape index (κ3) is 3.32. The van der Waals surface area contributed by atoms with Gasteiger partial charge < -0.3 is 9.84 Å². The van der Waals surface area contributed by atoms with Crippen LogP contribution in [0.3, 0.4) is 0 Å². The molecule has 3 nitrogen and oxygen atoms in total. The van der Waals surface area contributed by atoms with Crippen molar-refractivity contribution in [2.75, 3.05) is 0 Å². The van der Waals surface area contributed by atoms with E-state index in [0.717, 1.165) is 30.1 Å². The van der Waals surface area contributed by atoms with Crippen molar-refractivity contribution in [2.45, 2.75) is 52.6 Å². The Morgan fingerprint density at radius 1 is 1.47 bits per heavy atom. The zero-order valence-corrected chi connectivity index (χ0v) is 11.1. The third-order valence-electron chi connectivity index (χ3n) is 4.05. The summed E-state index contributed by atoms with van der Waals surface area (Å²) in [5.41, 5.74) is 0. The van der Waals surface area contributed by atoms with Crippen LogP contribution in [0.15, 0.2) is 16.8 Å². The van der Waals surface area contributed by atoms with E-state index in [1.54, 1.807) is 6.20 Å². The molecule has 0 radical (unpaired) electrons. The molecule has 0 aromatic carbocycles. The van der Waals surface area contributed by atoms with Crippen molar-refractivity contribution >= 4 is 0 Å². The monoisotopic (exact) mass is 236 g/mol. The minimum absolute atomic E-state index is 0.629. The first-order valence-corrected chi connectivity index (χ1v) is 6.79. The van der Waals surface area contributed by atoms with E-state index in [-0.39, 0.29) is 0 Å². The van der Waals surface area contributed by atoms with Crippen molar-refractivity contribution < 1.29 is 4.52 Å². The Morgan fingerprint density at radius 3 is 2.94 bits per heavy atom. The maximum atomic E-state index is 5.13. The summed E-state index contributed by atoms with van der Waals surface area (Å²) in [5, 5.41) is 7.39. The standard InChI is InChI=1S/C14H24N2O/c1-10(2)13-5-4-11(3)8-14(13)15-9-12-6-7-16-17-12/h6-7,10-11,13-15H,4-5,8-9H2,1-3H3. The maximum absolute atomic E-state index is 5.13. The summed E-state index contributed by atoms with van der Waals surface area (Å²) >= 11 is 0. The highest BCUT2D eigenvalue weighted by atomic mass is 16.5. The average molecular weight is 236 g/mol. The molecule has 1 fully saturated rings. The Hall–Kier alpha value is -0.830. The van der Waals surface area contributed by atoms with Gasteiger partial charge in [0.2, 0.25) is 0 Å². The molecule has 3 atom stereocenters. The Bertz CT molecular complexity index is 321. The van der Waals surface area contributed by atoms with Crippen LogP contribution < -0.4 is 5.32 Å². The number of hydrogen-bond donors (Lipinski definition) is 1. The second kappa shape index (κ2) is 5.67. The smallest absolute Gasteiger partial charge is 0.150 e. The molecule has 1 aromatic rings. The van der Waals surface area contributed by atoms with Gasteiger partial charge in [0, 0.05) is 12.1 Å². The predicted octanol–water partition coefficient (Wildman–Crippen LogP) is 3.23. The molecule has 0 bridgehead atoms. The van der Waals surface area contributed by atoms with Crippen LogP contribution in [0.2, 0.25) is 0 Å². The van der Waals surface area contributed by atoms with Crippen LogP contribution in [0.1, 0.15) is 45.8 Å². The molecule has 1 aliphatic rings. The Balaban J connectivity index is 1.90. The topological polar surface area (TPSA) is 38.1 Å². The Kier molecular flexibility index (Phi) is 4.21. The normalized spacial score (nSPS) is 29.8. The van der Waals surface area contributed by atoms with Crippen LogP contribution >= 0.6 is 0 Å². The summed E-state index contributed by atoms with van der Waals surface area (Å²) in [6, 6.07) is 2.56. The van der Waals surface area contributed by atoms with E-state index < -0.39 is 0 Å². The van der Waals surface area contributed by atoms with Gasteiger partial charge >= 0.3 is 0 Å². The molecule has 0 amide bonds. The SMILES string of the molecule is CC1CCC(C(C)C)C(NCc2ccno2)C1. The largest absolute Gasteiger partial charge is 0.360 e. The van der Waals surface area contributed by atoms with Gasteiger partial charge in [-0.2, -0.15) is 0 Å². The molecule has 17 heavy (non-hydrogen) atoms. The summed E-state index contributed by atoms with van der Waals surface area (Å²) in [7, 11) is 0. The molecule has 3 unspecified atom stereocenters. The molecule has 1 aromatic heterocycles. The van der Waals surface area contributed by atoms with Crippen molar-refractivity contribution in [1.29, 1.82) is 0 Å². The van der Waals surface area contributed by atoms with Gasteiger partial charge in [0.05, 0.1) is 12.7 Å². The number of aromatic nitrogens is 1. The molecule has 0 spiro atoms. The van der Waals surface area contributed by atoms with Gasteiger partial charge in [0.1, 0.15) is 5.76 Å². The van der Waals surface area contributed by atoms with E-state index in [0.29, 0.717) is 6.04 Å². The average Bonchev–Trinajstić information content (AvgIpc) is 2.78. The molecule has 3 heteroatoms. The first-order chi connectivity index (χ1) is 8.16. The Morgan fingerprint density at radius 2 is 2.29 bits per heavy atom. The van der Waals surface area contributed by atoms with E-state index in [1.165, 1.54) is 19.3 Å². The van der Waals surface area contributed by atoms with Gasteiger partial charge in [0.25, 0.3) is 0 Å². The molecule has 1 aliphatic carbocycles. The van der Waals surface area contributed by atoms with Gasteiger partial charge in [-0.05, 0) is 30.6 Å². The van der Waals surface area contributed by atoms with Gasteiger partial charge in [0.15, 0.2) is 0 Å². The summed E-state index contributed by atoms with van der Waals surface area (Å²) in [5.74, 6) is 3.34. The minimum atomic E-state index is 0.629. The van der Waals surface area contributed by atoms with Gasteiger partial charge in [-0.25, -0.2) is 0 Å². The molecule has 96 valence electrons. The van der Waals surface area contributed by atoms with E-state index in [9.17, 15) is 0 Å². The fraction of sp³-hybridized carbons (Fsp3) is 0.786. The minimum Gasteiger partial charge on any atom is -0.360 e. The van der Waals surface area contributed by atoms with E-state index in [1.807, 2.05) is 6.07 Å². The van der Waals surface area contributed by atoms with Crippen LogP contribution in [-0.2, 0) is 6.54 Å². The second-order valence-corrected chi connectivity index (χ2v) is 5.79. The maximum Gasteiger partial charge on any atom is 0.150 e. The van der Waals surface area contributed by atoms with E-state index >= 15 is 0 Å². The molecule has 1 saturated carbocycles. The first-order valence-electron chi connectivity index (χ1n) is 6.79. The van der Waals surface area contributed by atoms with Crippen LogP contribution in [0.25, 0.3) is 0 Å². The van der Waals surface area contributed by atoms with Crippen molar-refractivity contribution in [3.63, 3.8) is 0 Å². The highest BCUT2D eigenvalue weighted by Gasteiger charge is 2.30. The highest BCUT2D eigenvalue weighted by Crippen LogP contribution is 2.33. The van der Waals surface area contributed by atoms with Crippen LogP contribution in [-0.4, -0.2) is 11.2 Å². The number of nitrogens with zero attached hydrogens (tertiary/aromatic N) is 1. The summed E-state index contributed by atoms with van der Waals surface area (Å²) < 4.78 is 5.13. The van der Waals surface area contributed by atoms with Crippen LogP contribution in [0.4, 0.5) is 0 Å². The molecular weight excluding hydrogens is 212 g/mol. The lowest BCUT2D eigenvalue weighted by molar-refractivity contribution is 0.165. The fourth-order valence-corrected chi connectivity index (χ4v) is 3.00. The van der Waals surface area contributed by atoms with Crippen molar-refractivity contribution in [3.8, 4) is 0 Å². The second-order valence-electron chi connectivity index (χ2n) is 5.79. The number of nitrogens with one attached hydrogen (secondary N) is 1. The molecule has 1 N–H and O–H groups in total. The predicted molar refractivity (Wildman–Crippen MR) is 68.5 cm³/mol. The zero-order valence-electron chi connectivity index (χ0n) is 11.1.